The third kappa shape index (κ3) is 3.96. The van der Waals surface area contributed by atoms with Crippen LogP contribution < -0.4 is 10.7 Å². The maximum absolute atomic E-state index is 12.1. The number of benzene rings is 1. The zero-order valence-electron chi connectivity index (χ0n) is 13.3. The highest BCUT2D eigenvalue weighted by atomic mass is 16.2. The second-order valence-electron chi connectivity index (χ2n) is 6.22. The van der Waals surface area contributed by atoms with Crippen molar-refractivity contribution < 1.29 is 9.59 Å². The number of nitrogens with one attached hydrogen (secondary N) is 2. The molecular formula is C17H22N4O2. The molecule has 0 saturated heterocycles. The summed E-state index contributed by atoms with van der Waals surface area (Å²) in [6, 6.07) is 8.55. The van der Waals surface area contributed by atoms with Crippen molar-refractivity contribution in [2.75, 3.05) is 13.1 Å². The molecule has 2 N–H and O–H groups in total. The average molecular weight is 314 g/mol. The van der Waals surface area contributed by atoms with Crippen LogP contribution in [0.15, 0.2) is 29.4 Å². The molecule has 2 amide bonds. The Hall–Kier alpha value is -2.21. The largest absolute Gasteiger partial charge is 0.347 e. The van der Waals surface area contributed by atoms with Crippen LogP contribution in [0.1, 0.15) is 30.9 Å². The van der Waals surface area contributed by atoms with Gasteiger partial charge in [0.15, 0.2) is 0 Å². The number of rotatable bonds is 4. The molecule has 1 aromatic rings. The topological polar surface area (TPSA) is 73.8 Å². The lowest BCUT2D eigenvalue weighted by Crippen LogP contribution is -2.46. The normalized spacial score (nSPS) is 19.3. The van der Waals surface area contributed by atoms with Crippen LogP contribution in [-0.2, 0) is 22.6 Å². The summed E-state index contributed by atoms with van der Waals surface area (Å²) >= 11 is 0. The SMILES string of the molecule is C[C@H](CN1CCc2ccccc2C1)NC(=O)C1=NNC(=O)CC1. The highest BCUT2D eigenvalue weighted by molar-refractivity contribution is 6.39. The zero-order chi connectivity index (χ0) is 16.2. The number of carbonyl (C=O) groups excluding carboxylic acids is 2. The van der Waals surface area contributed by atoms with Gasteiger partial charge in [-0.15, -0.1) is 0 Å². The highest BCUT2D eigenvalue weighted by Gasteiger charge is 2.22. The fourth-order valence-electron chi connectivity index (χ4n) is 3.09. The number of nitrogens with zero attached hydrogens (tertiary/aromatic N) is 2. The molecule has 0 aromatic heterocycles. The van der Waals surface area contributed by atoms with E-state index in [-0.39, 0.29) is 17.9 Å². The van der Waals surface area contributed by atoms with Crippen molar-refractivity contribution in [3.05, 3.63) is 35.4 Å². The Labute approximate surface area is 135 Å². The minimum atomic E-state index is -0.185. The van der Waals surface area contributed by atoms with Gasteiger partial charge in [-0.3, -0.25) is 14.5 Å². The fraction of sp³-hybridized carbons (Fsp3) is 0.471. The van der Waals surface area contributed by atoms with Crippen molar-refractivity contribution in [2.24, 2.45) is 5.10 Å². The Bertz CT molecular complexity index is 641. The molecule has 23 heavy (non-hydrogen) atoms. The van der Waals surface area contributed by atoms with Gasteiger partial charge in [-0.25, -0.2) is 5.43 Å². The number of carbonyl (C=O) groups is 2. The summed E-state index contributed by atoms with van der Waals surface area (Å²) < 4.78 is 0. The first-order valence-corrected chi connectivity index (χ1v) is 8.07. The van der Waals surface area contributed by atoms with E-state index in [9.17, 15) is 9.59 Å². The van der Waals surface area contributed by atoms with Crippen molar-refractivity contribution in [2.45, 2.75) is 38.8 Å². The summed E-state index contributed by atoms with van der Waals surface area (Å²) in [5.41, 5.74) is 5.56. The van der Waals surface area contributed by atoms with E-state index in [0.717, 1.165) is 26.1 Å². The van der Waals surface area contributed by atoms with E-state index in [1.807, 2.05) is 6.92 Å². The molecule has 0 fully saturated rings. The quantitative estimate of drug-likeness (QED) is 0.864. The van der Waals surface area contributed by atoms with Crippen LogP contribution >= 0.6 is 0 Å². The average Bonchev–Trinajstić information content (AvgIpc) is 2.55. The lowest BCUT2D eigenvalue weighted by Gasteiger charge is -2.31. The molecule has 0 unspecified atom stereocenters. The van der Waals surface area contributed by atoms with E-state index in [2.05, 4.69) is 45.0 Å². The number of hydrazone groups is 1. The minimum Gasteiger partial charge on any atom is -0.347 e. The smallest absolute Gasteiger partial charge is 0.267 e. The third-order valence-electron chi connectivity index (χ3n) is 4.29. The second kappa shape index (κ2) is 6.91. The van der Waals surface area contributed by atoms with Gasteiger partial charge in [-0.1, -0.05) is 24.3 Å². The third-order valence-corrected chi connectivity index (χ3v) is 4.29. The molecular weight excluding hydrogens is 292 g/mol. The Balaban J connectivity index is 1.51. The van der Waals surface area contributed by atoms with Crippen molar-refractivity contribution in [3.63, 3.8) is 0 Å². The molecule has 0 radical (unpaired) electrons. The van der Waals surface area contributed by atoms with Crippen LogP contribution in [0.5, 0.6) is 0 Å². The molecule has 6 heteroatoms. The number of amides is 2. The molecule has 1 aromatic carbocycles. The summed E-state index contributed by atoms with van der Waals surface area (Å²) in [5.74, 6) is -0.323. The van der Waals surface area contributed by atoms with Crippen LogP contribution in [0, 0.1) is 0 Å². The van der Waals surface area contributed by atoms with Gasteiger partial charge in [0, 0.05) is 38.5 Å². The van der Waals surface area contributed by atoms with E-state index >= 15 is 0 Å². The number of hydrogen-bond acceptors (Lipinski definition) is 4. The second-order valence-corrected chi connectivity index (χ2v) is 6.22. The Morgan fingerprint density at radius 2 is 2.09 bits per heavy atom. The maximum atomic E-state index is 12.1. The van der Waals surface area contributed by atoms with Crippen LogP contribution in [0.25, 0.3) is 0 Å². The first-order chi connectivity index (χ1) is 11.1. The summed E-state index contributed by atoms with van der Waals surface area (Å²) in [5, 5.41) is 6.80. The fourth-order valence-corrected chi connectivity index (χ4v) is 3.09. The van der Waals surface area contributed by atoms with Crippen LogP contribution in [0.4, 0.5) is 0 Å². The summed E-state index contributed by atoms with van der Waals surface area (Å²) in [6.07, 6.45) is 1.78. The predicted molar refractivity (Wildman–Crippen MR) is 87.8 cm³/mol. The zero-order valence-corrected chi connectivity index (χ0v) is 13.3. The standard InChI is InChI=1S/C17H22N4O2/c1-12(18-17(23)15-6-7-16(22)20-19-15)10-21-9-8-13-4-2-3-5-14(13)11-21/h2-5,12H,6-11H2,1H3,(H,18,23)(H,20,22)/t12-/m1/s1. The predicted octanol–water partition coefficient (Wildman–Crippen LogP) is 0.815. The van der Waals surface area contributed by atoms with E-state index in [4.69, 9.17) is 0 Å². The van der Waals surface area contributed by atoms with Gasteiger partial charge >= 0.3 is 0 Å². The molecule has 0 saturated carbocycles. The van der Waals surface area contributed by atoms with Crippen molar-refractivity contribution in [1.82, 2.24) is 15.6 Å². The maximum Gasteiger partial charge on any atom is 0.267 e. The highest BCUT2D eigenvalue weighted by Crippen LogP contribution is 2.18. The molecule has 0 aliphatic carbocycles. The van der Waals surface area contributed by atoms with Crippen molar-refractivity contribution in [1.29, 1.82) is 0 Å². The first kappa shape index (κ1) is 15.7. The molecule has 1 atom stereocenters. The van der Waals surface area contributed by atoms with Crippen LogP contribution in [0.3, 0.4) is 0 Å². The monoisotopic (exact) mass is 314 g/mol. The van der Waals surface area contributed by atoms with Crippen molar-refractivity contribution in [3.8, 4) is 0 Å². The van der Waals surface area contributed by atoms with E-state index in [1.54, 1.807) is 0 Å². The summed E-state index contributed by atoms with van der Waals surface area (Å²) in [6.45, 7) is 4.74. The Morgan fingerprint density at radius 3 is 2.83 bits per heavy atom. The molecule has 3 rings (SSSR count). The molecule has 2 aliphatic heterocycles. The Kier molecular flexibility index (Phi) is 4.71. The van der Waals surface area contributed by atoms with Gasteiger partial charge in [0.1, 0.15) is 5.71 Å². The van der Waals surface area contributed by atoms with Gasteiger partial charge in [-0.2, -0.15) is 5.10 Å². The molecule has 2 aliphatic rings. The summed E-state index contributed by atoms with van der Waals surface area (Å²) in [7, 11) is 0. The molecule has 0 bridgehead atoms. The number of hydrogen-bond donors (Lipinski definition) is 2. The lowest BCUT2D eigenvalue weighted by molar-refractivity contribution is -0.121. The molecule has 122 valence electrons. The minimum absolute atomic E-state index is 0.0353. The van der Waals surface area contributed by atoms with Gasteiger partial charge in [-0.05, 0) is 24.5 Å². The van der Waals surface area contributed by atoms with Gasteiger partial charge in [0.05, 0.1) is 0 Å². The van der Waals surface area contributed by atoms with Crippen LogP contribution in [0.2, 0.25) is 0 Å². The lowest BCUT2D eigenvalue weighted by atomic mass is 9.99. The van der Waals surface area contributed by atoms with Crippen molar-refractivity contribution >= 4 is 17.5 Å². The Morgan fingerprint density at radius 1 is 1.30 bits per heavy atom. The van der Waals surface area contributed by atoms with Crippen LogP contribution in [-0.4, -0.2) is 41.6 Å². The van der Waals surface area contributed by atoms with E-state index < -0.39 is 0 Å². The first-order valence-electron chi connectivity index (χ1n) is 8.07. The summed E-state index contributed by atoms with van der Waals surface area (Å²) in [4.78, 5) is 25.6. The molecule has 2 heterocycles. The number of fused-ring (bicyclic) bond motifs is 1. The van der Waals surface area contributed by atoms with E-state index in [0.29, 0.717) is 18.6 Å². The van der Waals surface area contributed by atoms with E-state index in [1.165, 1.54) is 11.1 Å². The molecule has 6 nitrogen and oxygen atoms in total. The van der Waals surface area contributed by atoms with Gasteiger partial charge in [0.2, 0.25) is 5.91 Å². The van der Waals surface area contributed by atoms with Gasteiger partial charge < -0.3 is 5.32 Å². The molecule has 0 spiro atoms. The van der Waals surface area contributed by atoms with Gasteiger partial charge in [0.25, 0.3) is 5.91 Å².